The normalized spacial score (nSPS) is 12.5. The minimum absolute atomic E-state index is 0.0316. The van der Waals surface area contributed by atoms with Crippen LogP contribution in [-0.2, 0) is 0 Å². The van der Waals surface area contributed by atoms with E-state index in [2.05, 4.69) is 26.3 Å². The van der Waals surface area contributed by atoms with E-state index >= 15 is 0 Å². The van der Waals surface area contributed by atoms with Gasteiger partial charge >= 0.3 is 0 Å². The molecule has 3 rings (SSSR count). The Kier molecular flexibility index (Phi) is 6.44. The first-order valence-corrected chi connectivity index (χ1v) is 9.83. The highest BCUT2D eigenvalue weighted by Crippen LogP contribution is 2.20. The highest BCUT2D eigenvalue weighted by molar-refractivity contribution is 5.77. The van der Waals surface area contributed by atoms with E-state index in [4.69, 9.17) is 9.72 Å². The molecule has 148 valence electrons. The van der Waals surface area contributed by atoms with Crippen LogP contribution in [0.15, 0.2) is 53.3 Å². The van der Waals surface area contributed by atoms with Gasteiger partial charge in [0.05, 0.1) is 37.8 Å². The Hall–Kier alpha value is -2.70. The van der Waals surface area contributed by atoms with Crippen molar-refractivity contribution in [3.8, 4) is 11.4 Å². The number of nitrogens with zero attached hydrogens (tertiary/aromatic N) is 2. The first kappa shape index (κ1) is 20.0. The van der Waals surface area contributed by atoms with Crippen LogP contribution in [0.2, 0.25) is 0 Å². The fourth-order valence-corrected chi connectivity index (χ4v) is 3.41. The van der Waals surface area contributed by atoms with E-state index in [1.54, 1.807) is 11.7 Å². The summed E-state index contributed by atoms with van der Waals surface area (Å²) in [6.45, 7) is 4.17. The van der Waals surface area contributed by atoms with E-state index < -0.39 is 0 Å². The number of fused-ring (bicyclic) bond motifs is 1. The van der Waals surface area contributed by atoms with Gasteiger partial charge in [0, 0.05) is 6.42 Å². The van der Waals surface area contributed by atoms with Gasteiger partial charge in [0.1, 0.15) is 24.9 Å². The number of methoxy groups -OCH3 is 1. The van der Waals surface area contributed by atoms with E-state index in [1.165, 1.54) is 4.90 Å². The number of aromatic nitrogens is 2. The van der Waals surface area contributed by atoms with Gasteiger partial charge in [-0.1, -0.05) is 19.1 Å². The molecular weight excluding hydrogens is 352 g/mol. The molecule has 0 radical (unpaired) electrons. The summed E-state index contributed by atoms with van der Waals surface area (Å²) in [6.07, 6.45) is 0.893. The number of para-hydroxylation sites is 1. The number of nitrogens with two attached hydrogens (primary N) is 1. The predicted octanol–water partition coefficient (Wildman–Crippen LogP) is 0.553. The molecule has 0 fully saturated rings. The van der Waals surface area contributed by atoms with Gasteiger partial charge in [0.15, 0.2) is 5.82 Å². The summed E-state index contributed by atoms with van der Waals surface area (Å²) in [5.74, 6) is 1.56. The number of hydrogen-bond donors (Lipinski definition) is 2. The molecule has 0 spiro atoms. The third-order valence-electron chi connectivity index (χ3n) is 5.00. The number of rotatable bonds is 8. The SMILES string of the molecule is CC[C@@H]([NH2+]CC[NH+](C)C)c1nc2ccccc2c(=O)n1-c1ccc(OC)cc1. The minimum Gasteiger partial charge on any atom is -0.497 e. The maximum absolute atomic E-state index is 13.4. The fourth-order valence-electron chi connectivity index (χ4n) is 3.41. The van der Waals surface area contributed by atoms with Crippen LogP contribution in [0.1, 0.15) is 25.2 Å². The van der Waals surface area contributed by atoms with Crippen LogP contribution in [-0.4, -0.2) is 43.8 Å². The molecular formula is C22H30N4O2+2. The Morgan fingerprint density at radius 2 is 1.86 bits per heavy atom. The molecule has 0 aliphatic carbocycles. The summed E-state index contributed by atoms with van der Waals surface area (Å²) < 4.78 is 7.03. The van der Waals surface area contributed by atoms with Gasteiger partial charge in [-0.15, -0.1) is 0 Å². The van der Waals surface area contributed by atoms with Crippen molar-refractivity contribution >= 4 is 10.9 Å². The van der Waals surface area contributed by atoms with Gasteiger partial charge in [0.25, 0.3) is 5.56 Å². The molecule has 1 aromatic heterocycles. The second kappa shape index (κ2) is 8.99. The maximum atomic E-state index is 13.4. The Bertz CT molecular complexity index is 980. The van der Waals surface area contributed by atoms with Crippen molar-refractivity contribution in [1.29, 1.82) is 0 Å². The van der Waals surface area contributed by atoms with Crippen LogP contribution in [0.4, 0.5) is 0 Å². The molecule has 0 amide bonds. The van der Waals surface area contributed by atoms with Gasteiger partial charge in [-0.25, -0.2) is 4.98 Å². The maximum Gasteiger partial charge on any atom is 0.266 e. The molecule has 3 aromatic rings. The van der Waals surface area contributed by atoms with Crippen molar-refractivity contribution in [2.24, 2.45) is 0 Å². The topological polar surface area (TPSA) is 65.2 Å². The van der Waals surface area contributed by atoms with Crippen LogP contribution < -0.4 is 20.5 Å². The highest BCUT2D eigenvalue weighted by atomic mass is 16.5. The molecule has 1 heterocycles. The average molecular weight is 383 g/mol. The fraction of sp³-hybridized carbons (Fsp3) is 0.364. The zero-order chi connectivity index (χ0) is 20.1. The molecule has 2 aromatic carbocycles. The zero-order valence-electron chi connectivity index (χ0n) is 17.1. The number of hydrogen-bond acceptors (Lipinski definition) is 3. The van der Waals surface area contributed by atoms with Crippen molar-refractivity contribution in [1.82, 2.24) is 9.55 Å². The third-order valence-corrected chi connectivity index (χ3v) is 5.00. The summed E-state index contributed by atoms with van der Waals surface area (Å²) >= 11 is 0. The summed E-state index contributed by atoms with van der Waals surface area (Å²) in [7, 11) is 5.94. The standard InChI is InChI=1S/C22H28N4O2/c1-5-19(23-14-15-25(2)3)21-24-20-9-7-6-8-18(20)22(27)26(21)16-10-12-17(28-4)13-11-16/h6-13,19,23H,5,14-15H2,1-4H3/p+2/t19-/m1/s1. The lowest BCUT2D eigenvalue weighted by Crippen LogP contribution is -3.09. The number of quaternary nitrogens is 2. The highest BCUT2D eigenvalue weighted by Gasteiger charge is 2.22. The summed E-state index contributed by atoms with van der Waals surface area (Å²) in [5.41, 5.74) is 1.53. The summed E-state index contributed by atoms with van der Waals surface area (Å²) in [5, 5.41) is 2.93. The summed E-state index contributed by atoms with van der Waals surface area (Å²) in [4.78, 5) is 19.7. The van der Waals surface area contributed by atoms with Gasteiger partial charge < -0.3 is 15.0 Å². The molecule has 0 unspecified atom stereocenters. The number of benzene rings is 2. The van der Waals surface area contributed by atoms with E-state index in [1.807, 2.05) is 48.5 Å². The number of likely N-dealkylation sites (N-methyl/N-ethyl adjacent to an activating group) is 1. The lowest BCUT2D eigenvalue weighted by atomic mass is 10.1. The molecule has 0 saturated carbocycles. The van der Waals surface area contributed by atoms with Crippen LogP contribution in [0.5, 0.6) is 5.75 Å². The lowest BCUT2D eigenvalue weighted by molar-refractivity contribution is -0.877. The second-order valence-electron chi connectivity index (χ2n) is 7.32. The van der Waals surface area contributed by atoms with Crippen LogP contribution in [0.25, 0.3) is 16.6 Å². The van der Waals surface area contributed by atoms with Gasteiger partial charge in [0.2, 0.25) is 0 Å². The Morgan fingerprint density at radius 3 is 2.50 bits per heavy atom. The third kappa shape index (κ3) is 4.24. The monoisotopic (exact) mass is 382 g/mol. The van der Waals surface area contributed by atoms with Crippen LogP contribution in [0.3, 0.4) is 0 Å². The number of nitrogens with one attached hydrogen (secondary N) is 1. The van der Waals surface area contributed by atoms with E-state index in [0.29, 0.717) is 5.39 Å². The minimum atomic E-state index is -0.0316. The molecule has 28 heavy (non-hydrogen) atoms. The molecule has 0 aliphatic heterocycles. The Labute approximate surface area is 165 Å². The molecule has 6 nitrogen and oxygen atoms in total. The smallest absolute Gasteiger partial charge is 0.266 e. The van der Waals surface area contributed by atoms with E-state index in [-0.39, 0.29) is 11.6 Å². The van der Waals surface area contributed by atoms with E-state index in [9.17, 15) is 4.79 Å². The molecule has 0 bridgehead atoms. The van der Waals surface area contributed by atoms with Gasteiger partial charge in [-0.05, 0) is 36.4 Å². The Balaban J connectivity index is 2.14. The van der Waals surface area contributed by atoms with Crippen LogP contribution >= 0.6 is 0 Å². The average Bonchev–Trinajstić information content (AvgIpc) is 2.71. The van der Waals surface area contributed by atoms with Gasteiger partial charge in [-0.3, -0.25) is 9.36 Å². The molecule has 0 saturated heterocycles. The van der Waals surface area contributed by atoms with Crippen molar-refractivity contribution in [2.75, 3.05) is 34.3 Å². The van der Waals surface area contributed by atoms with Crippen molar-refractivity contribution in [3.05, 3.63) is 64.7 Å². The summed E-state index contributed by atoms with van der Waals surface area (Å²) in [6, 6.07) is 15.3. The lowest BCUT2D eigenvalue weighted by Gasteiger charge is -2.20. The van der Waals surface area contributed by atoms with Crippen molar-refractivity contribution < 1.29 is 15.0 Å². The van der Waals surface area contributed by atoms with E-state index in [0.717, 1.165) is 42.3 Å². The van der Waals surface area contributed by atoms with Crippen molar-refractivity contribution in [2.45, 2.75) is 19.4 Å². The second-order valence-corrected chi connectivity index (χ2v) is 7.32. The zero-order valence-corrected chi connectivity index (χ0v) is 17.1. The first-order chi connectivity index (χ1) is 13.5. The molecule has 0 aliphatic rings. The molecule has 3 N–H and O–H groups in total. The van der Waals surface area contributed by atoms with Gasteiger partial charge in [-0.2, -0.15) is 0 Å². The first-order valence-electron chi connectivity index (χ1n) is 9.83. The largest absolute Gasteiger partial charge is 0.497 e. The quantitative estimate of drug-likeness (QED) is 0.598. The molecule has 6 heteroatoms. The number of ether oxygens (including phenoxy) is 1. The Morgan fingerprint density at radius 1 is 1.14 bits per heavy atom. The van der Waals surface area contributed by atoms with Crippen LogP contribution in [0, 0.1) is 0 Å². The molecule has 1 atom stereocenters. The van der Waals surface area contributed by atoms with Crippen molar-refractivity contribution in [3.63, 3.8) is 0 Å². The predicted molar refractivity (Wildman–Crippen MR) is 111 cm³/mol.